The van der Waals surface area contributed by atoms with Gasteiger partial charge in [0.05, 0.1) is 0 Å². The fourth-order valence-electron chi connectivity index (χ4n) is 4.06. The molecule has 3 heteroatoms. The number of aliphatic hydroxyl groups is 1. The molecule has 2 nitrogen and oxygen atoms in total. The summed E-state index contributed by atoms with van der Waals surface area (Å²) in [5.41, 5.74) is 1.48. The minimum atomic E-state index is -0.561. The van der Waals surface area contributed by atoms with Crippen molar-refractivity contribution in [2.24, 2.45) is 0 Å². The first-order valence-corrected chi connectivity index (χ1v) is 14.9. The zero-order valence-corrected chi connectivity index (χ0v) is 21.9. The number of aryl methyl sites for hydroxylation is 1. The second-order valence-electron chi connectivity index (χ2n) is 9.27. The molecule has 1 atom stereocenters. The second-order valence-corrected chi connectivity index (χ2v) is 10.5. The summed E-state index contributed by atoms with van der Waals surface area (Å²) in [6, 6.07) is 10.9. The Morgan fingerprint density at radius 1 is 0.688 bits per heavy atom. The third-order valence-corrected chi connectivity index (χ3v) is 7.27. The van der Waals surface area contributed by atoms with Gasteiger partial charge in [0.15, 0.2) is 6.29 Å². The molecule has 0 aliphatic rings. The van der Waals surface area contributed by atoms with E-state index in [-0.39, 0.29) is 0 Å². The van der Waals surface area contributed by atoms with Gasteiger partial charge in [0.1, 0.15) is 0 Å². The topological polar surface area (TPSA) is 29.5 Å². The van der Waals surface area contributed by atoms with Crippen molar-refractivity contribution in [1.29, 1.82) is 0 Å². The average Bonchev–Trinajstić information content (AvgIpc) is 2.81. The van der Waals surface area contributed by atoms with Gasteiger partial charge < -0.3 is 9.84 Å². The Bertz CT molecular complexity index is 479. The lowest BCUT2D eigenvalue weighted by atomic mass is 10.0. The molecule has 0 aliphatic heterocycles. The highest BCUT2D eigenvalue weighted by molar-refractivity contribution is 7.99. The van der Waals surface area contributed by atoms with Crippen molar-refractivity contribution in [2.75, 3.05) is 18.1 Å². The molecular formula is C29H52O2S. The number of hydrogen-bond acceptors (Lipinski definition) is 3. The molecule has 1 aromatic rings. The van der Waals surface area contributed by atoms with E-state index in [2.05, 4.69) is 37.3 Å². The van der Waals surface area contributed by atoms with Crippen molar-refractivity contribution >= 4 is 11.8 Å². The molecule has 0 fully saturated rings. The Labute approximate surface area is 204 Å². The van der Waals surface area contributed by atoms with Gasteiger partial charge in [0.25, 0.3) is 0 Å². The summed E-state index contributed by atoms with van der Waals surface area (Å²) < 4.78 is 5.55. The van der Waals surface area contributed by atoms with Crippen LogP contribution in [0.2, 0.25) is 0 Å². The van der Waals surface area contributed by atoms with E-state index in [4.69, 9.17) is 4.74 Å². The molecular weight excluding hydrogens is 412 g/mol. The van der Waals surface area contributed by atoms with Crippen molar-refractivity contribution in [2.45, 2.75) is 129 Å². The SMILES string of the molecule is CCCCCCCCCCOC(O)CCSCCCCCCCCCCc1ccccc1. The molecule has 1 N–H and O–H groups in total. The Morgan fingerprint density at radius 2 is 1.25 bits per heavy atom. The van der Waals surface area contributed by atoms with Crippen LogP contribution in [0, 0.1) is 0 Å². The second kappa shape index (κ2) is 23.6. The monoisotopic (exact) mass is 464 g/mol. The summed E-state index contributed by atoms with van der Waals surface area (Å²) in [6.07, 6.45) is 22.8. The summed E-state index contributed by atoms with van der Waals surface area (Å²) >= 11 is 1.97. The maximum Gasteiger partial charge on any atom is 0.155 e. The number of rotatable bonds is 24. The number of aliphatic hydroxyl groups excluding tert-OH is 1. The molecule has 1 rings (SSSR count). The highest BCUT2D eigenvalue weighted by Gasteiger charge is 2.04. The largest absolute Gasteiger partial charge is 0.368 e. The van der Waals surface area contributed by atoms with Crippen LogP contribution in [0.3, 0.4) is 0 Å². The minimum Gasteiger partial charge on any atom is -0.368 e. The van der Waals surface area contributed by atoms with Gasteiger partial charge in [-0.2, -0.15) is 11.8 Å². The van der Waals surface area contributed by atoms with Gasteiger partial charge in [-0.1, -0.05) is 121 Å². The summed E-state index contributed by atoms with van der Waals surface area (Å²) in [5, 5.41) is 9.94. The van der Waals surface area contributed by atoms with Crippen molar-refractivity contribution < 1.29 is 9.84 Å². The van der Waals surface area contributed by atoms with Crippen molar-refractivity contribution in [3.05, 3.63) is 35.9 Å². The smallest absolute Gasteiger partial charge is 0.155 e. The molecule has 0 saturated heterocycles. The molecule has 0 aliphatic carbocycles. The summed E-state index contributed by atoms with van der Waals surface area (Å²) in [5.74, 6) is 2.24. The molecule has 0 spiro atoms. The van der Waals surface area contributed by atoms with Crippen LogP contribution in [0.25, 0.3) is 0 Å². The van der Waals surface area contributed by atoms with E-state index in [1.54, 1.807) is 0 Å². The zero-order chi connectivity index (χ0) is 23.0. The molecule has 0 saturated carbocycles. The van der Waals surface area contributed by atoms with Crippen molar-refractivity contribution in [3.63, 3.8) is 0 Å². The van der Waals surface area contributed by atoms with Crippen LogP contribution in [0.4, 0.5) is 0 Å². The Balaban J connectivity index is 1.72. The van der Waals surface area contributed by atoms with Gasteiger partial charge in [-0.05, 0) is 42.8 Å². The van der Waals surface area contributed by atoms with Gasteiger partial charge in [0, 0.05) is 13.0 Å². The lowest BCUT2D eigenvalue weighted by molar-refractivity contribution is -0.100. The number of benzene rings is 1. The lowest BCUT2D eigenvalue weighted by Gasteiger charge is -2.11. The first kappa shape index (κ1) is 29.5. The standard InChI is InChI=1S/C29H52O2S/c1-2-3-4-5-6-10-13-19-25-31-29(30)24-27-32-26-20-14-11-8-7-9-12-16-21-28-22-17-15-18-23-28/h15,17-18,22-23,29-30H,2-14,16,19-21,24-27H2,1H3. The Hall–Kier alpha value is -0.510. The average molecular weight is 465 g/mol. The summed E-state index contributed by atoms with van der Waals surface area (Å²) in [6.45, 7) is 2.98. The molecule has 0 aromatic heterocycles. The number of thioether (sulfide) groups is 1. The van der Waals surface area contributed by atoms with Crippen LogP contribution in [-0.2, 0) is 11.2 Å². The number of hydrogen-bond donors (Lipinski definition) is 1. The summed E-state index contributed by atoms with van der Waals surface area (Å²) in [4.78, 5) is 0. The quantitative estimate of drug-likeness (QED) is 0.122. The zero-order valence-electron chi connectivity index (χ0n) is 21.1. The Kier molecular flexibility index (Phi) is 21.8. The molecule has 0 radical (unpaired) electrons. The van der Waals surface area contributed by atoms with Crippen LogP contribution < -0.4 is 0 Å². The Morgan fingerprint density at radius 3 is 1.91 bits per heavy atom. The minimum absolute atomic E-state index is 0.561. The molecule has 186 valence electrons. The molecule has 32 heavy (non-hydrogen) atoms. The van der Waals surface area contributed by atoms with Crippen LogP contribution in [0.15, 0.2) is 30.3 Å². The predicted molar refractivity (Wildman–Crippen MR) is 144 cm³/mol. The molecule has 1 unspecified atom stereocenters. The normalized spacial score (nSPS) is 12.3. The van der Waals surface area contributed by atoms with Gasteiger partial charge in [-0.25, -0.2) is 0 Å². The maximum atomic E-state index is 9.94. The first-order valence-electron chi connectivity index (χ1n) is 13.7. The van der Waals surface area contributed by atoms with Crippen LogP contribution in [-0.4, -0.2) is 29.5 Å². The molecule has 0 amide bonds. The predicted octanol–water partition coefficient (Wildman–Crippen LogP) is 8.95. The first-order chi connectivity index (χ1) is 15.8. The van der Waals surface area contributed by atoms with Gasteiger partial charge in [-0.3, -0.25) is 0 Å². The molecule has 0 bridgehead atoms. The van der Waals surface area contributed by atoms with Crippen LogP contribution in [0.5, 0.6) is 0 Å². The highest BCUT2D eigenvalue weighted by Crippen LogP contribution is 2.14. The van der Waals surface area contributed by atoms with E-state index in [1.165, 1.54) is 114 Å². The van der Waals surface area contributed by atoms with Crippen LogP contribution in [0.1, 0.15) is 122 Å². The van der Waals surface area contributed by atoms with E-state index in [1.807, 2.05) is 11.8 Å². The van der Waals surface area contributed by atoms with Gasteiger partial charge >= 0.3 is 0 Å². The van der Waals surface area contributed by atoms with E-state index in [0.29, 0.717) is 6.61 Å². The third-order valence-electron chi connectivity index (χ3n) is 6.16. The van der Waals surface area contributed by atoms with E-state index in [9.17, 15) is 5.11 Å². The van der Waals surface area contributed by atoms with Crippen molar-refractivity contribution in [1.82, 2.24) is 0 Å². The third kappa shape index (κ3) is 20.1. The van der Waals surface area contributed by atoms with E-state index in [0.717, 1.165) is 18.6 Å². The number of unbranched alkanes of at least 4 members (excludes halogenated alkanes) is 14. The maximum absolute atomic E-state index is 9.94. The fourth-order valence-corrected chi connectivity index (χ4v) is 5.04. The van der Waals surface area contributed by atoms with Crippen LogP contribution >= 0.6 is 11.8 Å². The molecule has 1 aromatic carbocycles. The summed E-state index contributed by atoms with van der Waals surface area (Å²) in [7, 11) is 0. The fraction of sp³-hybridized carbons (Fsp3) is 0.793. The highest BCUT2D eigenvalue weighted by atomic mass is 32.2. The van der Waals surface area contributed by atoms with Gasteiger partial charge in [0.2, 0.25) is 0 Å². The van der Waals surface area contributed by atoms with E-state index < -0.39 is 6.29 Å². The number of ether oxygens (including phenoxy) is 1. The van der Waals surface area contributed by atoms with Gasteiger partial charge in [-0.15, -0.1) is 0 Å². The molecule has 0 heterocycles. The lowest BCUT2D eigenvalue weighted by Crippen LogP contribution is -2.13. The van der Waals surface area contributed by atoms with E-state index >= 15 is 0 Å². The van der Waals surface area contributed by atoms with Crippen molar-refractivity contribution in [3.8, 4) is 0 Å².